The van der Waals surface area contributed by atoms with Crippen LogP contribution in [0.3, 0.4) is 0 Å². The lowest BCUT2D eigenvalue weighted by Crippen LogP contribution is -2.17. The van der Waals surface area contributed by atoms with E-state index in [2.05, 4.69) is 27.4 Å². The van der Waals surface area contributed by atoms with E-state index in [0.717, 1.165) is 31.3 Å². The first-order valence-corrected chi connectivity index (χ1v) is 7.69. The average molecular weight is 273 g/mol. The molecule has 18 heavy (non-hydrogen) atoms. The molecule has 0 unspecified atom stereocenters. The molecular formula is C16H29ClO. The maximum absolute atomic E-state index is 11.9. The molecule has 0 N–H and O–H groups in total. The van der Waals surface area contributed by atoms with Gasteiger partial charge in [0.2, 0.25) is 0 Å². The highest BCUT2D eigenvalue weighted by atomic mass is 35.5. The molecule has 0 radical (unpaired) electrons. The Labute approximate surface area is 118 Å². The molecule has 1 nitrogen and oxygen atoms in total. The number of halogens is 1. The minimum Gasteiger partial charge on any atom is -0.300 e. The van der Waals surface area contributed by atoms with Crippen LogP contribution in [-0.4, -0.2) is 11.7 Å². The van der Waals surface area contributed by atoms with Crippen molar-refractivity contribution < 1.29 is 4.79 Å². The van der Waals surface area contributed by atoms with Gasteiger partial charge in [0, 0.05) is 18.7 Å². The van der Waals surface area contributed by atoms with Gasteiger partial charge >= 0.3 is 0 Å². The molecule has 106 valence electrons. The predicted molar refractivity (Wildman–Crippen MR) is 81.3 cm³/mol. The van der Waals surface area contributed by atoms with Gasteiger partial charge in [-0.1, -0.05) is 52.2 Å². The number of rotatable bonds is 11. The van der Waals surface area contributed by atoms with Crippen molar-refractivity contribution in [2.75, 3.05) is 5.88 Å². The van der Waals surface area contributed by atoms with E-state index in [9.17, 15) is 4.79 Å². The third kappa shape index (κ3) is 9.70. The molecule has 0 aromatic carbocycles. The lowest BCUT2D eigenvalue weighted by Gasteiger charge is -2.24. The summed E-state index contributed by atoms with van der Waals surface area (Å²) in [4.78, 5) is 11.9. The van der Waals surface area contributed by atoms with Crippen molar-refractivity contribution in [3.05, 3.63) is 12.2 Å². The molecular weight excluding hydrogens is 244 g/mol. The highest BCUT2D eigenvalue weighted by Gasteiger charge is 2.21. The number of hydrogen-bond donors (Lipinski definition) is 0. The second kappa shape index (κ2) is 9.61. The fourth-order valence-electron chi connectivity index (χ4n) is 2.04. The Balaban J connectivity index is 3.84. The monoisotopic (exact) mass is 272 g/mol. The van der Waals surface area contributed by atoms with Crippen LogP contribution in [0.15, 0.2) is 12.2 Å². The van der Waals surface area contributed by atoms with Gasteiger partial charge in [-0.3, -0.25) is 4.79 Å². The Hall–Kier alpha value is -0.300. The Kier molecular flexibility index (Phi) is 9.45. The molecule has 0 atom stereocenters. The van der Waals surface area contributed by atoms with Crippen molar-refractivity contribution in [2.45, 2.75) is 72.1 Å². The molecule has 0 aliphatic rings. The summed E-state index contributed by atoms with van der Waals surface area (Å²) >= 11 is 5.72. The summed E-state index contributed by atoms with van der Waals surface area (Å²) in [5, 5.41) is 0. The van der Waals surface area contributed by atoms with E-state index in [1.165, 1.54) is 19.3 Å². The number of Topliss-reactive ketones (excluding diaryl/α,β-unsaturated/α-hetero) is 1. The number of alkyl halides is 1. The standard InChI is InChI=1S/C16H29ClO/c1-5-6-7-8-9-15(18)12-16(3,4)11-10-14(2)13-17/h2,5-13H2,1,3-4H3. The quantitative estimate of drug-likeness (QED) is 0.275. The summed E-state index contributed by atoms with van der Waals surface area (Å²) in [5.41, 5.74) is 1.15. The van der Waals surface area contributed by atoms with E-state index >= 15 is 0 Å². The molecule has 0 aliphatic heterocycles. The van der Waals surface area contributed by atoms with Crippen molar-refractivity contribution in [2.24, 2.45) is 5.41 Å². The van der Waals surface area contributed by atoms with Crippen LogP contribution < -0.4 is 0 Å². The summed E-state index contributed by atoms with van der Waals surface area (Å²) in [7, 11) is 0. The lowest BCUT2D eigenvalue weighted by atomic mass is 9.81. The van der Waals surface area contributed by atoms with E-state index in [4.69, 9.17) is 11.6 Å². The first kappa shape index (κ1) is 17.7. The maximum Gasteiger partial charge on any atom is 0.133 e. The van der Waals surface area contributed by atoms with Gasteiger partial charge in [0.1, 0.15) is 5.78 Å². The zero-order valence-corrected chi connectivity index (χ0v) is 13.1. The highest BCUT2D eigenvalue weighted by molar-refractivity contribution is 6.19. The SMILES string of the molecule is C=C(CCl)CCC(C)(C)CC(=O)CCCCCC. The summed E-state index contributed by atoms with van der Waals surface area (Å²) in [5.74, 6) is 0.939. The summed E-state index contributed by atoms with van der Waals surface area (Å²) in [6, 6.07) is 0. The van der Waals surface area contributed by atoms with Gasteiger partial charge < -0.3 is 0 Å². The van der Waals surface area contributed by atoms with Gasteiger partial charge in [0.25, 0.3) is 0 Å². The molecule has 0 heterocycles. The normalized spacial score (nSPS) is 11.6. The van der Waals surface area contributed by atoms with Crippen LogP contribution in [0, 0.1) is 5.41 Å². The van der Waals surface area contributed by atoms with Gasteiger partial charge in [-0.15, -0.1) is 11.6 Å². The third-order valence-corrected chi connectivity index (χ3v) is 3.71. The number of carbonyl (C=O) groups excluding carboxylic acids is 1. The Morgan fingerprint density at radius 2 is 1.83 bits per heavy atom. The number of unbranched alkanes of at least 4 members (excludes halogenated alkanes) is 3. The van der Waals surface area contributed by atoms with Crippen molar-refractivity contribution in [3.63, 3.8) is 0 Å². The van der Waals surface area contributed by atoms with Crippen molar-refractivity contribution in [1.29, 1.82) is 0 Å². The fraction of sp³-hybridized carbons (Fsp3) is 0.812. The fourth-order valence-corrected chi connectivity index (χ4v) is 2.18. The lowest BCUT2D eigenvalue weighted by molar-refractivity contribution is -0.121. The Morgan fingerprint density at radius 3 is 2.39 bits per heavy atom. The van der Waals surface area contributed by atoms with Crippen molar-refractivity contribution in [1.82, 2.24) is 0 Å². The Morgan fingerprint density at radius 1 is 1.17 bits per heavy atom. The van der Waals surface area contributed by atoms with Gasteiger partial charge in [0.15, 0.2) is 0 Å². The molecule has 0 bridgehead atoms. The van der Waals surface area contributed by atoms with Crippen LogP contribution in [-0.2, 0) is 4.79 Å². The van der Waals surface area contributed by atoms with Gasteiger partial charge in [0.05, 0.1) is 0 Å². The third-order valence-electron chi connectivity index (χ3n) is 3.33. The second-order valence-corrected chi connectivity index (χ2v) is 6.34. The first-order chi connectivity index (χ1) is 8.41. The molecule has 0 rings (SSSR count). The van der Waals surface area contributed by atoms with Gasteiger partial charge in [-0.05, 0) is 24.7 Å². The largest absolute Gasteiger partial charge is 0.300 e. The molecule has 0 aromatic rings. The average Bonchev–Trinajstić information content (AvgIpc) is 2.31. The minimum absolute atomic E-state index is 0.0802. The molecule has 2 heteroatoms. The van der Waals surface area contributed by atoms with E-state index in [1.807, 2.05) is 0 Å². The molecule has 0 saturated heterocycles. The number of ketones is 1. The van der Waals surface area contributed by atoms with E-state index < -0.39 is 0 Å². The van der Waals surface area contributed by atoms with E-state index in [0.29, 0.717) is 18.1 Å². The van der Waals surface area contributed by atoms with Crippen LogP contribution in [0.1, 0.15) is 72.1 Å². The van der Waals surface area contributed by atoms with Crippen LogP contribution in [0.5, 0.6) is 0 Å². The number of carbonyl (C=O) groups is 1. The van der Waals surface area contributed by atoms with Crippen LogP contribution in [0.2, 0.25) is 0 Å². The molecule has 0 saturated carbocycles. The summed E-state index contributed by atoms with van der Waals surface area (Å²) < 4.78 is 0. The second-order valence-electron chi connectivity index (χ2n) is 6.07. The minimum atomic E-state index is 0.0802. The molecule has 0 aliphatic carbocycles. The van der Waals surface area contributed by atoms with Gasteiger partial charge in [-0.2, -0.15) is 0 Å². The number of hydrogen-bond acceptors (Lipinski definition) is 1. The van der Waals surface area contributed by atoms with Crippen LogP contribution >= 0.6 is 11.6 Å². The smallest absolute Gasteiger partial charge is 0.133 e. The molecule has 0 aromatic heterocycles. The maximum atomic E-state index is 11.9. The number of allylic oxidation sites excluding steroid dienone is 1. The van der Waals surface area contributed by atoms with Crippen molar-refractivity contribution in [3.8, 4) is 0 Å². The zero-order chi connectivity index (χ0) is 14.0. The predicted octanol–water partition coefficient (Wildman–Crippen LogP) is 5.52. The van der Waals surface area contributed by atoms with Crippen molar-refractivity contribution >= 4 is 17.4 Å². The topological polar surface area (TPSA) is 17.1 Å². The molecule has 0 spiro atoms. The summed E-state index contributed by atoms with van der Waals surface area (Å²) in [6.07, 6.45) is 8.07. The van der Waals surface area contributed by atoms with E-state index in [1.54, 1.807) is 0 Å². The zero-order valence-electron chi connectivity index (χ0n) is 12.4. The molecule has 0 amide bonds. The van der Waals surface area contributed by atoms with E-state index in [-0.39, 0.29) is 5.41 Å². The molecule has 0 fully saturated rings. The summed E-state index contributed by atoms with van der Waals surface area (Å²) in [6.45, 7) is 10.4. The Bertz CT molecular complexity index is 256. The van der Waals surface area contributed by atoms with Crippen LogP contribution in [0.25, 0.3) is 0 Å². The first-order valence-electron chi connectivity index (χ1n) is 7.15. The van der Waals surface area contributed by atoms with Crippen LogP contribution in [0.4, 0.5) is 0 Å². The highest BCUT2D eigenvalue weighted by Crippen LogP contribution is 2.29. The van der Waals surface area contributed by atoms with Gasteiger partial charge in [-0.25, -0.2) is 0 Å².